The number of carboxylic acids is 1. The van der Waals surface area contributed by atoms with Crippen LogP contribution in [-0.2, 0) is 14.3 Å². The van der Waals surface area contributed by atoms with E-state index < -0.39 is 18.1 Å². The minimum absolute atomic E-state index is 0.335. The number of rotatable bonds is 3. The SMILES string of the molecule is CCOC1C2C(=C=O)C=CC=C2N(C)C1C(=O)O. The summed E-state index contributed by atoms with van der Waals surface area (Å²) in [7, 11) is 1.71. The Balaban J connectivity index is 2.46. The molecule has 18 heavy (non-hydrogen) atoms. The first kappa shape index (κ1) is 12.6. The summed E-state index contributed by atoms with van der Waals surface area (Å²) in [5.74, 6) is 0.601. The quantitative estimate of drug-likeness (QED) is 0.743. The summed E-state index contributed by atoms with van der Waals surface area (Å²) < 4.78 is 5.55. The van der Waals surface area contributed by atoms with E-state index in [9.17, 15) is 14.7 Å². The second-order valence-corrected chi connectivity index (χ2v) is 4.30. The highest BCUT2D eigenvalue weighted by Gasteiger charge is 2.49. The minimum Gasteiger partial charge on any atom is -0.480 e. The van der Waals surface area contributed by atoms with Gasteiger partial charge in [-0.2, -0.15) is 0 Å². The van der Waals surface area contributed by atoms with Gasteiger partial charge in [0.1, 0.15) is 12.0 Å². The number of likely N-dealkylation sites (N-methyl/N-ethyl adjacent to an activating group) is 1. The van der Waals surface area contributed by atoms with Crippen molar-refractivity contribution < 1.29 is 19.4 Å². The molecule has 0 aromatic carbocycles. The second kappa shape index (κ2) is 4.80. The number of hydrogen-bond acceptors (Lipinski definition) is 4. The van der Waals surface area contributed by atoms with Crippen LogP contribution in [0.2, 0.25) is 0 Å². The van der Waals surface area contributed by atoms with Crippen LogP contribution in [0.4, 0.5) is 0 Å². The van der Waals surface area contributed by atoms with Crippen molar-refractivity contribution >= 4 is 11.9 Å². The molecule has 0 aromatic heterocycles. The van der Waals surface area contributed by atoms with Gasteiger partial charge in [-0.1, -0.05) is 6.08 Å². The molecular formula is C13H15NO4. The van der Waals surface area contributed by atoms with E-state index in [-0.39, 0.29) is 5.92 Å². The number of carbonyl (C=O) groups is 1. The molecule has 3 atom stereocenters. The molecule has 0 aromatic rings. The van der Waals surface area contributed by atoms with Crippen molar-refractivity contribution in [3.8, 4) is 0 Å². The molecule has 5 nitrogen and oxygen atoms in total. The van der Waals surface area contributed by atoms with Crippen LogP contribution in [-0.4, -0.2) is 47.7 Å². The monoisotopic (exact) mass is 249 g/mol. The van der Waals surface area contributed by atoms with Crippen LogP contribution < -0.4 is 0 Å². The highest BCUT2D eigenvalue weighted by atomic mass is 16.5. The number of carbonyl (C=O) groups excluding carboxylic acids is 1. The molecule has 3 unspecified atom stereocenters. The van der Waals surface area contributed by atoms with Crippen molar-refractivity contribution in [3.63, 3.8) is 0 Å². The summed E-state index contributed by atoms with van der Waals surface area (Å²) in [5, 5.41) is 9.31. The van der Waals surface area contributed by atoms with E-state index in [1.54, 1.807) is 24.1 Å². The van der Waals surface area contributed by atoms with Gasteiger partial charge >= 0.3 is 5.97 Å². The average molecular weight is 249 g/mol. The Morgan fingerprint density at radius 2 is 2.33 bits per heavy atom. The van der Waals surface area contributed by atoms with E-state index in [1.807, 2.05) is 18.9 Å². The van der Waals surface area contributed by atoms with Crippen LogP contribution in [0, 0.1) is 5.92 Å². The van der Waals surface area contributed by atoms with Crippen molar-refractivity contribution in [1.82, 2.24) is 4.90 Å². The molecule has 0 amide bonds. The van der Waals surface area contributed by atoms with Crippen LogP contribution in [0.15, 0.2) is 29.5 Å². The lowest BCUT2D eigenvalue weighted by Gasteiger charge is -2.22. The van der Waals surface area contributed by atoms with Gasteiger partial charge in [-0.25, -0.2) is 9.59 Å². The fourth-order valence-corrected chi connectivity index (χ4v) is 2.65. The Kier molecular flexibility index (Phi) is 3.36. The zero-order valence-electron chi connectivity index (χ0n) is 10.3. The second-order valence-electron chi connectivity index (χ2n) is 4.30. The number of nitrogens with zero attached hydrogens (tertiary/aromatic N) is 1. The van der Waals surface area contributed by atoms with Gasteiger partial charge in [0.15, 0.2) is 6.04 Å². The minimum atomic E-state index is -0.948. The normalized spacial score (nSPS) is 29.9. The fraction of sp³-hybridized carbons (Fsp3) is 0.462. The summed E-state index contributed by atoms with van der Waals surface area (Å²) >= 11 is 0. The molecule has 1 aliphatic heterocycles. The standard InChI is InChI=1S/C13H15NO4/c1-3-18-12-10-8(7-15)5-4-6-9(10)14(2)11(12)13(16)17/h4-6,10-12H,3H2,1-2H3,(H,16,17). The average Bonchev–Trinajstić information content (AvgIpc) is 2.63. The number of hydrogen-bond donors (Lipinski definition) is 1. The Hall–Kier alpha value is -1.84. The van der Waals surface area contributed by atoms with Gasteiger partial charge in [0.2, 0.25) is 0 Å². The van der Waals surface area contributed by atoms with E-state index in [1.165, 1.54) is 0 Å². The summed E-state index contributed by atoms with van der Waals surface area (Å²) in [6.45, 7) is 2.21. The van der Waals surface area contributed by atoms with Crippen molar-refractivity contribution in [2.24, 2.45) is 5.92 Å². The van der Waals surface area contributed by atoms with E-state index >= 15 is 0 Å². The lowest BCUT2D eigenvalue weighted by Crippen LogP contribution is -2.41. The molecule has 2 aliphatic rings. The first-order chi connectivity index (χ1) is 8.61. The van der Waals surface area contributed by atoms with Gasteiger partial charge in [-0.15, -0.1) is 0 Å². The molecule has 0 radical (unpaired) electrons. The lowest BCUT2D eigenvalue weighted by atomic mass is 9.88. The Morgan fingerprint density at radius 1 is 1.61 bits per heavy atom. The lowest BCUT2D eigenvalue weighted by molar-refractivity contribution is -0.145. The van der Waals surface area contributed by atoms with Crippen molar-refractivity contribution in [2.75, 3.05) is 13.7 Å². The molecule has 96 valence electrons. The number of ether oxygens (including phenoxy) is 1. The van der Waals surface area contributed by atoms with E-state index in [4.69, 9.17) is 4.74 Å². The smallest absolute Gasteiger partial charge is 0.329 e. The van der Waals surface area contributed by atoms with E-state index in [2.05, 4.69) is 0 Å². The predicted octanol–water partition coefficient (Wildman–Crippen LogP) is 0.618. The van der Waals surface area contributed by atoms with Gasteiger partial charge in [0.25, 0.3) is 0 Å². The molecule has 1 saturated heterocycles. The van der Waals surface area contributed by atoms with Crippen LogP contribution in [0.3, 0.4) is 0 Å². The van der Waals surface area contributed by atoms with E-state index in [0.717, 1.165) is 5.70 Å². The predicted molar refractivity (Wildman–Crippen MR) is 64.5 cm³/mol. The van der Waals surface area contributed by atoms with Gasteiger partial charge in [0.05, 0.1) is 5.92 Å². The van der Waals surface area contributed by atoms with Gasteiger partial charge in [-0.05, 0) is 19.1 Å². The summed E-state index contributed by atoms with van der Waals surface area (Å²) in [5.41, 5.74) is 1.24. The summed E-state index contributed by atoms with van der Waals surface area (Å²) in [6.07, 6.45) is 4.66. The zero-order valence-corrected chi connectivity index (χ0v) is 10.3. The van der Waals surface area contributed by atoms with Crippen molar-refractivity contribution in [1.29, 1.82) is 0 Å². The molecule has 1 N–H and O–H groups in total. The van der Waals surface area contributed by atoms with E-state index in [0.29, 0.717) is 12.2 Å². The number of likely N-dealkylation sites (tertiary alicyclic amines) is 1. The number of carboxylic acid groups (broad SMARTS) is 1. The van der Waals surface area contributed by atoms with Crippen LogP contribution in [0.25, 0.3) is 0 Å². The Morgan fingerprint density at radius 3 is 2.89 bits per heavy atom. The first-order valence-electron chi connectivity index (χ1n) is 5.82. The van der Waals surface area contributed by atoms with Gasteiger partial charge in [-0.3, -0.25) is 0 Å². The molecule has 1 heterocycles. The number of fused-ring (bicyclic) bond motifs is 1. The summed E-state index contributed by atoms with van der Waals surface area (Å²) in [6, 6.07) is -0.774. The Bertz CT molecular complexity index is 473. The third kappa shape index (κ3) is 1.78. The van der Waals surface area contributed by atoms with Crippen molar-refractivity contribution in [2.45, 2.75) is 19.1 Å². The first-order valence-corrected chi connectivity index (χ1v) is 5.82. The maximum Gasteiger partial charge on any atom is 0.329 e. The topological polar surface area (TPSA) is 66.8 Å². The van der Waals surface area contributed by atoms with Gasteiger partial charge < -0.3 is 14.7 Å². The highest BCUT2D eigenvalue weighted by molar-refractivity contribution is 5.77. The fourth-order valence-electron chi connectivity index (χ4n) is 2.65. The maximum absolute atomic E-state index is 11.4. The molecular weight excluding hydrogens is 234 g/mol. The van der Waals surface area contributed by atoms with Crippen molar-refractivity contribution in [3.05, 3.63) is 29.5 Å². The number of aliphatic carboxylic acids is 1. The molecule has 0 saturated carbocycles. The van der Waals surface area contributed by atoms with Crippen LogP contribution in [0.5, 0.6) is 0 Å². The molecule has 2 rings (SSSR count). The Labute approximate surface area is 105 Å². The number of allylic oxidation sites excluding steroid dienone is 3. The van der Waals surface area contributed by atoms with Gasteiger partial charge in [0, 0.05) is 24.9 Å². The summed E-state index contributed by atoms with van der Waals surface area (Å²) in [4.78, 5) is 24.0. The molecule has 1 aliphatic carbocycles. The largest absolute Gasteiger partial charge is 0.480 e. The third-order valence-corrected chi connectivity index (χ3v) is 3.39. The van der Waals surface area contributed by atoms with Crippen LogP contribution >= 0.6 is 0 Å². The van der Waals surface area contributed by atoms with Crippen LogP contribution in [0.1, 0.15) is 6.92 Å². The zero-order chi connectivity index (χ0) is 13.3. The molecule has 0 spiro atoms. The molecule has 5 heteroatoms. The maximum atomic E-state index is 11.4. The third-order valence-electron chi connectivity index (χ3n) is 3.39. The molecule has 0 bridgehead atoms. The molecule has 1 fully saturated rings. The highest BCUT2D eigenvalue weighted by Crippen LogP contribution is 2.40.